The molecule has 33 heavy (non-hydrogen) atoms. The summed E-state index contributed by atoms with van der Waals surface area (Å²) in [7, 11) is 4.58. The third kappa shape index (κ3) is 5.10. The molecule has 1 saturated carbocycles. The van der Waals surface area contributed by atoms with Crippen LogP contribution in [0, 0.1) is 5.92 Å². The highest BCUT2D eigenvalue weighted by molar-refractivity contribution is 5.87. The molecule has 1 aliphatic carbocycles. The molecule has 0 spiro atoms. The fraction of sp³-hybridized carbons (Fsp3) is 0.536. The van der Waals surface area contributed by atoms with Crippen molar-refractivity contribution in [1.82, 2.24) is 4.90 Å². The van der Waals surface area contributed by atoms with E-state index in [1.54, 1.807) is 12.1 Å². The quantitative estimate of drug-likeness (QED) is 0.657. The lowest BCUT2D eigenvalue weighted by Crippen LogP contribution is -2.58. The topological polar surface area (TPSA) is 63.6 Å². The van der Waals surface area contributed by atoms with Gasteiger partial charge in [0.2, 0.25) is 0 Å². The van der Waals surface area contributed by atoms with E-state index in [9.17, 15) is 15.0 Å². The van der Waals surface area contributed by atoms with Crippen molar-refractivity contribution < 1.29 is 19.5 Å². The molecule has 1 heterocycles. The fourth-order valence-corrected chi connectivity index (χ4v) is 5.86. The number of benzene rings is 2. The molecule has 1 atom stereocenters. The molecule has 1 amide bonds. The highest BCUT2D eigenvalue weighted by Crippen LogP contribution is 2.43. The number of hydrogen-bond acceptors (Lipinski definition) is 3. The number of likely N-dealkylation sites (N-methyl/N-ethyl adjacent to an activating group) is 1. The number of rotatable bonds is 7. The molecule has 0 aromatic heterocycles. The second-order valence-electron chi connectivity index (χ2n) is 10.5. The van der Waals surface area contributed by atoms with E-state index < -0.39 is 5.60 Å². The Balaban J connectivity index is 1.43. The Hall–Kier alpha value is -2.37. The van der Waals surface area contributed by atoms with Crippen LogP contribution in [0.1, 0.15) is 49.7 Å². The zero-order valence-electron chi connectivity index (χ0n) is 20.1. The molecule has 1 N–H and O–H groups in total. The summed E-state index contributed by atoms with van der Waals surface area (Å²) >= 11 is 0. The van der Waals surface area contributed by atoms with Crippen LogP contribution in [0.15, 0.2) is 54.6 Å². The molecule has 1 saturated heterocycles. The van der Waals surface area contributed by atoms with Gasteiger partial charge in [0.1, 0.15) is 0 Å². The maximum atomic E-state index is 13.8. The number of piperidine rings is 1. The lowest BCUT2D eigenvalue weighted by atomic mass is 9.78. The van der Waals surface area contributed by atoms with Crippen molar-refractivity contribution in [3.05, 3.63) is 65.7 Å². The summed E-state index contributed by atoms with van der Waals surface area (Å²) in [6.45, 7) is 2.37. The number of amides is 1. The van der Waals surface area contributed by atoms with Crippen molar-refractivity contribution >= 4 is 5.91 Å². The minimum Gasteiger partial charge on any atom is -0.872 e. The smallest absolute Gasteiger partial charge is 0.259 e. The molecule has 4 rings (SSSR count). The molecule has 178 valence electrons. The summed E-state index contributed by atoms with van der Waals surface area (Å²) in [5.41, 5.74) is 0.230. The summed E-state index contributed by atoms with van der Waals surface area (Å²) < 4.78 is 0.933. The van der Waals surface area contributed by atoms with Crippen molar-refractivity contribution in [2.45, 2.75) is 56.6 Å². The molecule has 2 aromatic rings. The van der Waals surface area contributed by atoms with Crippen molar-refractivity contribution in [1.29, 1.82) is 0 Å². The predicted octanol–water partition coefficient (Wildman–Crippen LogP) is 3.45. The van der Waals surface area contributed by atoms with Gasteiger partial charge in [0, 0.05) is 38.3 Å². The number of likely N-dealkylation sites (tertiary alicyclic amines) is 1. The Morgan fingerprint density at radius 2 is 1.70 bits per heavy atom. The van der Waals surface area contributed by atoms with Crippen LogP contribution in [0.3, 0.4) is 0 Å². The van der Waals surface area contributed by atoms with Crippen molar-refractivity contribution in [2.75, 3.05) is 33.7 Å². The van der Waals surface area contributed by atoms with Gasteiger partial charge >= 0.3 is 0 Å². The van der Waals surface area contributed by atoms with Gasteiger partial charge in [-0.3, -0.25) is 4.79 Å². The van der Waals surface area contributed by atoms with E-state index >= 15 is 0 Å². The SMILES string of the molecule is C[N+](C)(CCc1ccccc1)C1CCN(C(=O)C(O)(c2cccc([O-])c2)C2CCCC2)CC1. The van der Waals surface area contributed by atoms with Gasteiger partial charge in [0.05, 0.1) is 26.7 Å². The van der Waals surface area contributed by atoms with Crippen LogP contribution in [0.4, 0.5) is 0 Å². The van der Waals surface area contributed by atoms with E-state index in [4.69, 9.17) is 0 Å². The van der Waals surface area contributed by atoms with Gasteiger partial charge in [-0.25, -0.2) is 0 Å². The van der Waals surface area contributed by atoms with Gasteiger partial charge in [-0.1, -0.05) is 67.4 Å². The molecule has 0 radical (unpaired) electrons. The summed E-state index contributed by atoms with van der Waals surface area (Å²) in [6.07, 6.45) is 6.58. The van der Waals surface area contributed by atoms with E-state index in [2.05, 4.69) is 44.4 Å². The average Bonchev–Trinajstić information content (AvgIpc) is 3.38. The number of nitrogens with zero attached hydrogens (tertiary/aromatic N) is 2. The first kappa shape index (κ1) is 23.8. The van der Waals surface area contributed by atoms with Gasteiger partial charge in [0.25, 0.3) is 5.91 Å². The molecule has 2 aromatic carbocycles. The monoisotopic (exact) mass is 450 g/mol. The summed E-state index contributed by atoms with van der Waals surface area (Å²) in [6, 6.07) is 17.4. The fourth-order valence-electron chi connectivity index (χ4n) is 5.86. The van der Waals surface area contributed by atoms with Crippen LogP contribution in [-0.4, -0.2) is 60.2 Å². The molecule has 5 heteroatoms. The lowest BCUT2D eigenvalue weighted by Gasteiger charge is -2.45. The van der Waals surface area contributed by atoms with Crippen LogP contribution in [0.5, 0.6) is 5.75 Å². The van der Waals surface area contributed by atoms with E-state index in [0.29, 0.717) is 24.7 Å². The first-order valence-corrected chi connectivity index (χ1v) is 12.5. The van der Waals surface area contributed by atoms with Gasteiger partial charge in [0.15, 0.2) is 5.60 Å². The standard InChI is InChI=1S/C28H38N2O3/c1-30(2,20-17-22-9-4-3-5-10-22)25-15-18-29(19-16-25)27(32)28(33,23-11-6-7-12-23)24-13-8-14-26(31)21-24/h3-5,8-10,13-14,21,23,25,33H,6-7,11-12,15-20H2,1-2H3. The molecule has 1 aliphatic heterocycles. The van der Waals surface area contributed by atoms with Gasteiger partial charge < -0.3 is 19.6 Å². The molecule has 2 aliphatic rings. The molecule has 5 nitrogen and oxygen atoms in total. The Labute approximate surface area is 198 Å². The number of quaternary nitrogens is 1. The summed E-state index contributed by atoms with van der Waals surface area (Å²) in [5.74, 6) is -0.497. The number of aliphatic hydroxyl groups is 1. The predicted molar refractivity (Wildman–Crippen MR) is 128 cm³/mol. The minimum atomic E-state index is -1.60. The van der Waals surface area contributed by atoms with E-state index in [-0.39, 0.29) is 17.6 Å². The van der Waals surface area contributed by atoms with Gasteiger partial charge in [-0.15, -0.1) is 5.75 Å². The average molecular weight is 451 g/mol. The van der Waals surface area contributed by atoms with E-state index in [1.165, 1.54) is 17.7 Å². The van der Waals surface area contributed by atoms with Crippen LogP contribution in [0.2, 0.25) is 0 Å². The number of hydrogen-bond donors (Lipinski definition) is 1. The summed E-state index contributed by atoms with van der Waals surface area (Å²) in [5, 5.41) is 23.9. The van der Waals surface area contributed by atoms with E-state index in [0.717, 1.165) is 56.0 Å². The minimum absolute atomic E-state index is 0.123. The van der Waals surface area contributed by atoms with Crippen LogP contribution < -0.4 is 5.11 Å². The second-order valence-corrected chi connectivity index (χ2v) is 10.5. The molecule has 0 bridgehead atoms. The number of carbonyl (C=O) groups excluding carboxylic acids is 1. The Morgan fingerprint density at radius 1 is 1.03 bits per heavy atom. The van der Waals surface area contributed by atoms with Crippen LogP contribution in [0.25, 0.3) is 0 Å². The first-order valence-electron chi connectivity index (χ1n) is 12.5. The highest BCUT2D eigenvalue weighted by atomic mass is 16.3. The first-order chi connectivity index (χ1) is 15.8. The van der Waals surface area contributed by atoms with Gasteiger partial charge in [-0.05, 0) is 24.0 Å². The maximum Gasteiger partial charge on any atom is 0.259 e. The third-order valence-corrected chi connectivity index (χ3v) is 8.11. The van der Waals surface area contributed by atoms with Crippen molar-refractivity contribution in [2.24, 2.45) is 5.92 Å². The molecular formula is C28H38N2O3. The largest absolute Gasteiger partial charge is 0.872 e. The third-order valence-electron chi connectivity index (χ3n) is 8.11. The Morgan fingerprint density at radius 3 is 2.33 bits per heavy atom. The van der Waals surface area contributed by atoms with Crippen LogP contribution >= 0.6 is 0 Å². The number of carbonyl (C=O) groups is 1. The normalized spacial score (nSPS) is 20.0. The zero-order valence-corrected chi connectivity index (χ0v) is 20.1. The van der Waals surface area contributed by atoms with Crippen molar-refractivity contribution in [3.8, 4) is 5.75 Å². The Kier molecular flexibility index (Phi) is 7.10. The van der Waals surface area contributed by atoms with Crippen molar-refractivity contribution in [3.63, 3.8) is 0 Å². The second kappa shape index (κ2) is 9.86. The molecule has 2 fully saturated rings. The molecular weight excluding hydrogens is 412 g/mol. The highest BCUT2D eigenvalue weighted by Gasteiger charge is 2.49. The maximum absolute atomic E-state index is 13.8. The lowest BCUT2D eigenvalue weighted by molar-refractivity contribution is -0.916. The zero-order chi connectivity index (χ0) is 23.5. The summed E-state index contributed by atoms with van der Waals surface area (Å²) in [4.78, 5) is 15.6. The molecule has 1 unspecified atom stereocenters. The van der Waals surface area contributed by atoms with Crippen LogP contribution in [-0.2, 0) is 16.8 Å². The Bertz CT molecular complexity index is 931. The van der Waals surface area contributed by atoms with E-state index in [1.807, 2.05) is 4.90 Å². The van der Waals surface area contributed by atoms with Gasteiger partial charge in [-0.2, -0.15) is 0 Å².